The first-order valence-electron chi connectivity index (χ1n) is 3.34. The van der Waals surface area contributed by atoms with Crippen LogP contribution in [0.5, 0.6) is 0 Å². The Kier molecular flexibility index (Phi) is 11.7. The molecule has 13 heavy (non-hydrogen) atoms. The topological polar surface area (TPSA) is 38.7 Å². The third kappa shape index (κ3) is 7.45. The van der Waals surface area contributed by atoms with Crippen molar-refractivity contribution in [2.45, 2.75) is 17.5 Å². The Morgan fingerprint density at radius 2 is 2.15 bits per heavy atom. The van der Waals surface area contributed by atoms with E-state index < -0.39 is 17.5 Å². The molecule has 0 spiro atoms. The number of aliphatic hydroxyl groups excluding tert-OH is 1. The molecule has 0 aromatic rings. The van der Waals surface area contributed by atoms with Gasteiger partial charge >= 0.3 is 125 Å². The summed E-state index contributed by atoms with van der Waals surface area (Å²) in [6.07, 6.45) is -3.17. The molecule has 0 bridgehead atoms. The van der Waals surface area contributed by atoms with Crippen molar-refractivity contribution in [1.29, 1.82) is 0 Å². The van der Waals surface area contributed by atoms with Crippen LogP contribution in [0.25, 0.3) is 0 Å². The predicted molar refractivity (Wildman–Crippen MR) is 53.2 cm³/mol. The van der Waals surface area contributed by atoms with Crippen LogP contribution in [0.15, 0.2) is 0 Å². The monoisotopic (exact) mass is 499 g/mol. The molecule has 0 aliphatic heterocycles. The van der Waals surface area contributed by atoms with Gasteiger partial charge in [-0.2, -0.15) is 0 Å². The predicted octanol–water partition coefficient (Wildman–Crippen LogP) is 0.109. The first-order valence-corrected chi connectivity index (χ1v) is 15.8. The number of rotatable bonds is 7. The van der Waals surface area contributed by atoms with Crippen LogP contribution < -0.4 is 0 Å². The molecule has 0 aliphatic rings. The van der Waals surface area contributed by atoms with Crippen molar-refractivity contribution in [3.8, 4) is 0 Å². The van der Waals surface area contributed by atoms with Gasteiger partial charge in [0.15, 0.2) is 0 Å². The summed E-state index contributed by atoms with van der Waals surface area (Å²) in [5.74, 6) is 0. The number of alkyl halides is 2. The second-order valence-corrected chi connectivity index (χ2v) is 9.82. The quantitative estimate of drug-likeness (QED) is 0.401. The average Bonchev–Trinajstić information content (AvgIpc) is 2.11. The van der Waals surface area contributed by atoms with Crippen LogP contribution in [0.1, 0.15) is 0 Å². The molecule has 2 atom stereocenters. The third-order valence-corrected chi connectivity index (χ3v) is 8.22. The van der Waals surface area contributed by atoms with E-state index in [1.54, 1.807) is 23.0 Å². The van der Waals surface area contributed by atoms with Crippen LogP contribution in [0.3, 0.4) is 0 Å². The molecule has 75 valence electrons. The molecular weight excluding hydrogens is 489 g/mol. The molecular formula is C5H8BaF2IO3Se. The number of hydrogen-bond acceptors (Lipinski definition) is 3. The molecule has 8 heteroatoms. The van der Waals surface area contributed by atoms with E-state index in [1.807, 2.05) is 0 Å². The van der Waals surface area contributed by atoms with Crippen LogP contribution >= 0.6 is 23.0 Å². The van der Waals surface area contributed by atoms with Gasteiger partial charge in [-0.25, -0.2) is 0 Å². The standard InChI is InChI=1S/C5H9F2IO3Se.Ba/c6-4(7)5(12)11-3(1-9)2-10-8;/h3-5,9,12H,1-2H2;/q;+1/p-1. The van der Waals surface area contributed by atoms with Gasteiger partial charge in [-0.05, 0) is 0 Å². The first-order chi connectivity index (χ1) is 6.15. The zero-order valence-corrected chi connectivity index (χ0v) is 15.0. The van der Waals surface area contributed by atoms with E-state index in [0.29, 0.717) is 43.1 Å². The normalized spacial score (nSPS) is 16.0. The number of halogens is 3. The van der Waals surface area contributed by atoms with Crippen LogP contribution in [0.2, 0.25) is 0 Å². The van der Waals surface area contributed by atoms with Gasteiger partial charge in [0.05, 0.1) is 0 Å². The maximum absolute atomic E-state index is 12.2. The molecule has 0 rings (SSSR count). The number of hydrogen-bond donors (Lipinski definition) is 1. The SMILES string of the molecule is OCC(COI)OC([Se][Ba])C(F)F. The van der Waals surface area contributed by atoms with E-state index in [0.717, 1.165) is 0 Å². The van der Waals surface area contributed by atoms with E-state index in [1.165, 1.54) is 0 Å². The summed E-state index contributed by atoms with van der Waals surface area (Å²) in [5.41, 5.74) is 0. The van der Waals surface area contributed by atoms with Crippen molar-refractivity contribution in [2.75, 3.05) is 13.2 Å². The Balaban J connectivity index is 3.87. The van der Waals surface area contributed by atoms with Gasteiger partial charge in [-0.15, -0.1) is 0 Å². The summed E-state index contributed by atoms with van der Waals surface area (Å²) < 4.78 is 34.1. The first kappa shape index (κ1) is 15.6. The molecule has 0 heterocycles. The Hall–Kier alpha value is 2.56. The van der Waals surface area contributed by atoms with Gasteiger partial charge in [-0.1, -0.05) is 0 Å². The van der Waals surface area contributed by atoms with E-state index in [9.17, 15) is 8.78 Å². The van der Waals surface area contributed by atoms with Gasteiger partial charge in [-0.3, -0.25) is 0 Å². The molecule has 0 fully saturated rings. The van der Waals surface area contributed by atoms with Crippen molar-refractivity contribution in [3.05, 3.63) is 0 Å². The summed E-state index contributed by atoms with van der Waals surface area (Å²) >= 11 is 1.97. The summed E-state index contributed by atoms with van der Waals surface area (Å²) in [6.45, 7) is -0.139. The van der Waals surface area contributed by atoms with Crippen LogP contribution in [0, 0.1) is 0 Å². The Morgan fingerprint density at radius 3 is 2.46 bits per heavy atom. The summed E-state index contributed by atoms with van der Waals surface area (Å²) in [7, 11) is 0. The molecule has 0 saturated heterocycles. The fourth-order valence-corrected chi connectivity index (χ4v) is 5.42. The molecule has 0 aliphatic carbocycles. The molecule has 0 aromatic heterocycles. The molecule has 3 nitrogen and oxygen atoms in total. The summed E-state index contributed by atoms with van der Waals surface area (Å²) in [4.78, 5) is 0. The Bertz CT molecular complexity index is 134. The fraction of sp³-hybridized carbons (Fsp3) is 1.00. The fourth-order valence-electron chi connectivity index (χ4n) is 0.566. The second-order valence-electron chi connectivity index (χ2n) is 2.09. The van der Waals surface area contributed by atoms with Gasteiger partial charge in [0.2, 0.25) is 0 Å². The molecule has 2 unspecified atom stereocenters. The zero-order valence-electron chi connectivity index (χ0n) is 6.66. The molecule has 0 amide bonds. The van der Waals surface area contributed by atoms with Gasteiger partial charge in [0.25, 0.3) is 0 Å². The maximum atomic E-state index is 12.2. The minimum atomic E-state index is -2.44. The summed E-state index contributed by atoms with van der Waals surface area (Å²) in [5, 5.41) is 7.78. The van der Waals surface area contributed by atoms with E-state index in [4.69, 9.17) is 9.84 Å². The molecule has 0 aromatic carbocycles. The number of aliphatic hydroxyl groups is 1. The van der Waals surface area contributed by atoms with Crippen molar-refractivity contribution in [3.63, 3.8) is 0 Å². The zero-order chi connectivity index (χ0) is 10.3. The van der Waals surface area contributed by atoms with Gasteiger partial charge < -0.3 is 0 Å². The van der Waals surface area contributed by atoms with Gasteiger partial charge in [0, 0.05) is 0 Å². The van der Waals surface area contributed by atoms with E-state index >= 15 is 0 Å². The Labute approximate surface area is 122 Å². The van der Waals surface area contributed by atoms with Crippen molar-refractivity contribution < 1.29 is 21.7 Å². The summed E-state index contributed by atoms with van der Waals surface area (Å²) in [6, 6.07) is 0. The number of ether oxygens (including phenoxy) is 1. The minimum absolute atomic E-state index is 0.104. The average molecular weight is 497 g/mol. The van der Waals surface area contributed by atoms with Crippen LogP contribution in [0.4, 0.5) is 8.78 Å². The molecule has 1 radical (unpaired) electrons. The van der Waals surface area contributed by atoms with Crippen LogP contribution in [-0.4, -0.2) is 85.1 Å². The second kappa shape index (κ2) is 9.76. The van der Waals surface area contributed by atoms with E-state index in [-0.39, 0.29) is 19.4 Å². The molecule has 0 saturated carbocycles. The van der Waals surface area contributed by atoms with Crippen molar-refractivity contribution in [1.82, 2.24) is 0 Å². The van der Waals surface area contributed by atoms with Crippen LogP contribution in [-0.2, 0) is 7.80 Å². The Morgan fingerprint density at radius 1 is 1.54 bits per heavy atom. The van der Waals surface area contributed by atoms with Crippen molar-refractivity contribution in [2.24, 2.45) is 0 Å². The van der Waals surface area contributed by atoms with Crippen molar-refractivity contribution >= 4 is 72.3 Å². The van der Waals surface area contributed by atoms with E-state index in [2.05, 4.69) is 3.07 Å². The molecule has 1 N–H and O–H groups in total. The third-order valence-electron chi connectivity index (χ3n) is 1.15. The van der Waals surface area contributed by atoms with Gasteiger partial charge in [0.1, 0.15) is 0 Å².